The zero-order valence-electron chi connectivity index (χ0n) is 10.7. The van der Waals surface area contributed by atoms with E-state index in [2.05, 4.69) is 15.5 Å². The molecule has 0 saturated heterocycles. The monoisotopic (exact) mass is 272 g/mol. The third-order valence-corrected chi connectivity index (χ3v) is 2.65. The average molecular weight is 272 g/mol. The molecule has 7 nitrogen and oxygen atoms in total. The maximum Gasteiger partial charge on any atom is 0.272 e. The Kier molecular flexibility index (Phi) is 3.90. The second kappa shape index (κ2) is 5.79. The van der Waals surface area contributed by atoms with Crippen molar-refractivity contribution in [2.75, 3.05) is 0 Å². The summed E-state index contributed by atoms with van der Waals surface area (Å²) in [5.41, 5.74) is 3.83. The van der Waals surface area contributed by atoms with Crippen LogP contribution in [0.5, 0.6) is 0 Å². The molecule has 1 amide bonds. The molecule has 1 aromatic carbocycles. The first-order valence-electron chi connectivity index (χ1n) is 5.80. The summed E-state index contributed by atoms with van der Waals surface area (Å²) in [4.78, 5) is 24.9. The minimum absolute atomic E-state index is 0.0172. The van der Waals surface area contributed by atoms with Crippen LogP contribution in [0, 0.1) is 17.0 Å². The van der Waals surface area contributed by atoms with Crippen LogP contribution in [0.4, 0.5) is 5.69 Å². The van der Waals surface area contributed by atoms with E-state index in [-0.39, 0.29) is 5.69 Å². The van der Waals surface area contributed by atoms with Crippen LogP contribution in [-0.2, 0) is 0 Å². The molecule has 1 aromatic heterocycles. The van der Waals surface area contributed by atoms with Crippen LogP contribution in [0.3, 0.4) is 0 Å². The number of nitro groups is 1. The molecule has 20 heavy (non-hydrogen) atoms. The molecule has 102 valence electrons. The lowest BCUT2D eigenvalue weighted by Gasteiger charge is -2.02. The van der Waals surface area contributed by atoms with Gasteiger partial charge in [0, 0.05) is 23.4 Å². The number of aromatic amines is 1. The van der Waals surface area contributed by atoms with Crippen LogP contribution in [-0.4, -0.2) is 22.0 Å². The van der Waals surface area contributed by atoms with Gasteiger partial charge in [-0.3, -0.25) is 14.9 Å². The number of rotatable bonds is 4. The molecule has 2 N–H and O–H groups in total. The van der Waals surface area contributed by atoms with Gasteiger partial charge in [-0.15, -0.1) is 0 Å². The van der Waals surface area contributed by atoms with Gasteiger partial charge in [0.2, 0.25) is 0 Å². The van der Waals surface area contributed by atoms with Crippen molar-refractivity contribution < 1.29 is 9.72 Å². The molecule has 0 spiro atoms. The second-order valence-electron chi connectivity index (χ2n) is 4.08. The first-order chi connectivity index (χ1) is 9.58. The lowest BCUT2D eigenvalue weighted by molar-refractivity contribution is -0.385. The maximum atomic E-state index is 11.8. The number of hydrazone groups is 1. The smallest absolute Gasteiger partial charge is 0.272 e. The summed E-state index contributed by atoms with van der Waals surface area (Å²) in [7, 11) is 0. The summed E-state index contributed by atoms with van der Waals surface area (Å²) >= 11 is 0. The zero-order valence-corrected chi connectivity index (χ0v) is 10.7. The van der Waals surface area contributed by atoms with Crippen LogP contribution in [0.25, 0.3) is 0 Å². The van der Waals surface area contributed by atoms with E-state index in [0.29, 0.717) is 11.1 Å². The van der Waals surface area contributed by atoms with Crippen LogP contribution < -0.4 is 5.43 Å². The lowest BCUT2D eigenvalue weighted by Crippen LogP contribution is -2.17. The predicted octanol–water partition coefficient (Wildman–Crippen LogP) is 2.00. The SMILES string of the molecule is Cc1cc(C(=O)N/N=C/c2ccc[nH]2)ccc1[N+](=O)[O-]. The summed E-state index contributed by atoms with van der Waals surface area (Å²) < 4.78 is 0. The topological polar surface area (TPSA) is 100 Å². The minimum Gasteiger partial charge on any atom is -0.360 e. The summed E-state index contributed by atoms with van der Waals surface area (Å²) in [5, 5.41) is 14.5. The van der Waals surface area contributed by atoms with Crippen molar-refractivity contribution in [1.82, 2.24) is 10.4 Å². The highest BCUT2D eigenvalue weighted by atomic mass is 16.6. The summed E-state index contributed by atoms with van der Waals surface area (Å²) in [6, 6.07) is 7.76. The highest BCUT2D eigenvalue weighted by molar-refractivity contribution is 5.95. The fourth-order valence-corrected chi connectivity index (χ4v) is 1.65. The van der Waals surface area contributed by atoms with Crippen molar-refractivity contribution in [3.8, 4) is 0 Å². The van der Waals surface area contributed by atoms with Crippen LogP contribution in [0.1, 0.15) is 21.6 Å². The molecule has 2 aromatic rings. The van der Waals surface area contributed by atoms with Crippen LogP contribution >= 0.6 is 0 Å². The standard InChI is InChI=1S/C13H12N4O3/c1-9-7-10(4-5-12(9)17(19)20)13(18)16-15-8-11-3-2-6-14-11/h2-8,14H,1H3,(H,16,18)/b15-8+. The first kappa shape index (κ1) is 13.5. The van der Waals surface area contributed by atoms with Crippen molar-refractivity contribution in [2.45, 2.75) is 6.92 Å². The molecule has 7 heteroatoms. The first-order valence-corrected chi connectivity index (χ1v) is 5.80. The second-order valence-corrected chi connectivity index (χ2v) is 4.08. The van der Waals surface area contributed by atoms with Crippen molar-refractivity contribution in [1.29, 1.82) is 0 Å². The number of hydrogen-bond donors (Lipinski definition) is 2. The molecule has 0 atom stereocenters. The molecule has 1 heterocycles. The largest absolute Gasteiger partial charge is 0.360 e. The van der Waals surface area contributed by atoms with Gasteiger partial charge in [-0.25, -0.2) is 5.43 Å². The number of nitrogens with zero attached hydrogens (tertiary/aromatic N) is 2. The van der Waals surface area contributed by atoms with E-state index in [1.165, 1.54) is 24.4 Å². The molecule has 0 aliphatic carbocycles. The number of carbonyl (C=O) groups is 1. The van der Waals surface area contributed by atoms with Crippen molar-refractivity contribution in [3.05, 3.63) is 63.5 Å². The normalized spacial score (nSPS) is 10.7. The quantitative estimate of drug-likeness (QED) is 0.505. The van der Waals surface area contributed by atoms with Crippen molar-refractivity contribution >= 4 is 17.8 Å². The van der Waals surface area contributed by atoms with Crippen LogP contribution in [0.2, 0.25) is 0 Å². The number of carbonyl (C=O) groups excluding carboxylic acids is 1. The molecule has 0 bridgehead atoms. The number of benzene rings is 1. The number of nitro benzene ring substituents is 1. The van der Waals surface area contributed by atoms with Gasteiger partial charge in [-0.05, 0) is 31.2 Å². The van der Waals surface area contributed by atoms with E-state index in [1.54, 1.807) is 19.2 Å². The Morgan fingerprint density at radius 1 is 1.45 bits per heavy atom. The van der Waals surface area contributed by atoms with Gasteiger partial charge in [0.1, 0.15) is 0 Å². The molecule has 0 radical (unpaired) electrons. The van der Waals surface area contributed by atoms with Gasteiger partial charge in [-0.2, -0.15) is 5.10 Å². The zero-order chi connectivity index (χ0) is 14.5. The summed E-state index contributed by atoms with van der Waals surface area (Å²) in [5.74, 6) is -0.425. The molecule has 0 unspecified atom stereocenters. The van der Waals surface area contributed by atoms with E-state index in [9.17, 15) is 14.9 Å². The lowest BCUT2D eigenvalue weighted by atomic mass is 10.1. The Balaban J connectivity index is 2.06. The molecule has 0 aliphatic rings. The van der Waals surface area contributed by atoms with E-state index in [4.69, 9.17) is 0 Å². The summed E-state index contributed by atoms with van der Waals surface area (Å²) in [6.45, 7) is 1.58. The Hall–Kier alpha value is -2.96. The van der Waals surface area contributed by atoms with E-state index in [0.717, 1.165) is 5.69 Å². The van der Waals surface area contributed by atoms with Gasteiger partial charge in [0.25, 0.3) is 11.6 Å². The molecule has 0 saturated carbocycles. The number of H-pyrrole nitrogens is 1. The molecular formula is C13H12N4O3. The Bertz CT molecular complexity index is 662. The molecular weight excluding hydrogens is 260 g/mol. The molecule has 2 rings (SSSR count). The number of hydrogen-bond acceptors (Lipinski definition) is 4. The van der Waals surface area contributed by atoms with Crippen molar-refractivity contribution in [2.24, 2.45) is 5.10 Å². The predicted molar refractivity (Wildman–Crippen MR) is 73.7 cm³/mol. The number of aryl methyl sites for hydroxylation is 1. The third kappa shape index (κ3) is 3.08. The van der Waals surface area contributed by atoms with E-state index >= 15 is 0 Å². The third-order valence-electron chi connectivity index (χ3n) is 2.65. The molecule has 0 aliphatic heterocycles. The summed E-state index contributed by atoms with van der Waals surface area (Å²) in [6.07, 6.45) is 3.21. The van der Waals surface area contributed by atoms with E-state index < -0.39 is 10.8 Å². The highest BCUT2D eigenvalue weighted by Crippen LogP contribution is 2.18. The number of amides is 1. The Labute approximate surface area is 114 Å². The molecule has 0 fully saturated rings. The minimum atomic E-state index is -0.486. The maximum absolute atomic E-state index is 11.8. The van der Waals surface area contributed by atoms with Gasteiger partial charge in [-0.1, -0.05) is 0 Å². The number of aromatic nitrogens is 1. The van der Waals surface area contributed by atoms with Gasteiger partial charge < -0.3 is 4.98 Å². The van der Waals surface area contributed by atoms with Crippen molar-refractivity contribution in [3.63, 3.8) is 0 Å². The highest BCUT2D eigenvalue weighted by Gasteiger charge is 2.13. The van der Waals surface area contributed by atoms with Gasteiger partial charge in [0.15, 0.2) is 0 Å². The van der Waals surface area contributed by atoms with Gasteiger partial charge in [0.05, 0.1) is 16.8 Å². The van der Waals surface area contributed by atoms with E-state index in [1.807, 2.05) is 6.07 Å². The number of nitrogens with one attached hydrogen (secondary N) is 2. The van der Waals surface area contributed by atoms with Gasteiger partial charge >= 0.3 is 0 Å². The fraction of sp³-hybridized carbons (Fsp3) is 0.0769. The van der Waals surface area contributed by atoms with Crippen LogP contribution in [0.15, 0.2) is 41.6 Å². The Morgan fingerprint density at radius 2 is 2.25 bits per heavy atom. The Morgan fingerprint density at radius 3 is 2.85 bits per heavy atom. The average Bonchev–Trinajstić information content (AvgIpc) is 2.91. The fourth-order valence-electron chi connectivity index (χ4n) is 1.65.